The number of anilines is 1. The van der Waals surface area contributed by atoms with Crippen LogP contribution in [0.25, 0.3) is 0 Å². The molecule has 2 rings (SSSR count). The SMILES string of the molecule is COc1cc(OC)c(NCc2cccc(Br)c2O)cc1Cl. The molecule has 0 aliphatic carbocycles. The Morgan fingerprint density at radius 3 is 2.57 bits per heavy atom. The maximum Gasteiger partial charge on any atom is 0.145 e. The monoisotopic (exact) mass is 371 g/mol. The standard InChI is InChI=1S/C15H15BrClNO3/c1-20-13-7-14(21-2)12(6-11(13)17)18-8-9-4-3-5-10(16)15(9)19/h3-7,18-19H,8H2,1-2H3. The summed E-state index contributed by atoms with van der Waals surface area (Å²) in [4.78, 5) is 0. The van der Waals surface area contributed by atoms with Crippen molar-refractivity contribution in [2.75, 3.05) is 19.5 Å². The highest BCUT2D eigenvalue weighted by Gasteiger charge is 2.11. The van der Waals surface area contributed by atoms with E-state index in [0.29, 0.717) is 27.5 Å². The maximum absolute atomic E-state index is 9.97. The highest BCUT2D eigenvalue weighted by atomic mass is 79.9. The van der Waals surface area contributed by atoms with Crippen molar-refractivity contribution in [1.82, 2.24) is 0 Å². The van der Waals surface area contributed by atoms with Gasteiger partial charge in [0.15, 0.2) is 0 Å². The highest BCUT2D eigenvalue weighted by molar-refractivity contribution is 9.10. The van der Waals surface area contributed by atoms with Gasteiger partial charge in [0.05, 0.1) is 29.4 Å². The van der Waals surface area contributed by atoms with Crippen molar-refractivity contribution in [3.05, 3.63) is 45.4 Å². The molecule has 0 amide bonds. The average Bonchev–Trinajstić information content (AvgIpc) is 2.49. The predicted octanol–water partition coefficient (Wildman–Crippen LogP) is 4.44. The number of hydrogen-bond donors (Lipinski definition) is 2. The van der Waals surface area contributed by atoms with Crippen molar-refractivity contribution < 1.29 is 14.6 Å². The normalized spacial score (nSPS) is 10.3. The van der Waals surface area contributed by atoms with E-state index in [1.807, 2.05) is 12.1 Å². The summed E-state index contributed by atoms with van der Waals surface area (Å²) in [5.74, 6) is 1.37. The number of phenols is 1. The van der Waals surface area contributed by atoms with Crippen LogP contribution in [0.3, 0.4) is 0 Å². The zero-order valence-corrected chi connectivity index (χ0v) is 14.0. The van der Waals surface area contributed by atoms with Gasteiger partial charge in [0.2, 0.25) is 0 Å². The molecule has 2 aromatic carbocycles. The van der Waals surface area contributed by atoms with E-state index in [0.717, 1.165) is 11.3 Å². The predicted molar refractivity (Wildman–Crippen MR) is 87.7 cm³/mol. The third-order valence-electron chi connectivity index (χ3n) is 3.01. The number of ether oxygens (including phenoxy) is 2. The number of halogens is 2. The van der Waals surface area contributed by atoms with Gasteiger partial charge in [-0.2, -0.15) is 0 Å². The molecule has 0 aromatic heterocycles. The molecule has 2 aromatic rings. The van der Waals surface area contributed by atoms with E-state index < -0.39 is 0 Å². The summed E-state index contributed by atoms with van der Waals surface area (Å²) >= 11 is 9.41. The van der Waals surface area contributed by atoms with Crippen LogP contribution < -0.4 is 14.8 Å². The number of rotatable bonds is 5. The smallest absolute Gasteiger partial charge is 0.145 e. The molecule has 0 saturated heterocycles. The molecule has 21 heavy (non-hydrogen) atoms. The van der Waals surface area contributed by atoms with Gasteiger partial charge in [-0.05, 0) is 28.1 Å². The van der Waals surface area contributed by atoms with Crippen LogP contribution in [0.4, 0.5) is 5.69 Å². The second kappa shape index (κ2) is 6.91. The average molecular weight is 373 g/mol. The molecular formula is C15H15BrClNO3. The minimum Gasteiger partial charge on any atom is -0.506 e. The van der Waals surface area contributed by atoms with Crippen LogP contribution in [-0.2, 0) is 6.54 Å². The van der Waals surface area contributed by atoms with Crippen LogP contribution in [0, 0.1) is 0 Å². The van der Waals surface area contributed by atoms with Crippen molar-refractivity contribution in [2.24, 2.45) is 0 Å². The molecule has 0 spiro atoms. The Labute approximate surface area is 136 Å². The van der Waals surface area contributed by atoms with Crippen LogP contribution >= 0.6 is 27.5 Å². The lowest BCUT2D eigenvalue weighted by Crippen LogP contribution is -2.02. The van der Waals surface area contributed by atoms with Crippen LogP contribution in [0.5, 0.6) is 17.2 Å². The summed E-state index contributed by atoms with van der Waals surface area (Å²) in [5.41, 5.74) is 1.49. The summed E-state index contributed by atoms with van der Waals surface area (Å²) in [7, 11) is 3.12. The maximum atomic E-state index is 9.97. The van der Waals surface area contributed by atoms with Gasteiger partial charge in [-0.1, -0.05) is 23.7 Å². The van der Waals surface area contributed by atoms with Gasteiger partial charge in [0.25, 0.3) is 0 Å². The van der Waals surface area contributed by atoms with Gasteiger partial charge in [-0.15, -0.1) is 0 Å². The van der Waals surface area contributed by atoms with Gasteiger partial charge in [0, 0.05) is 18.2 Å². The van der Waals surface area contributed by atoms with Gasteiger partial charge in [-0.3, -0.25) is 0 Å². The van der Waals surface area contributed by atoms with Gasteiger partial charge in [0.1, 0.15) is 17.2 Å². The Kier molecular flexibility index (Phi) is 5.20. The molecule has 0 fully saturated rings. The third kappa shape index (κ3) is 3.54. The third-order valence-corrected chi connectivity index (χ3v) is 3.95. The first-order valence-electron chi connectivity index (χ1n) is 6.18. The van der Waals surface area contributed by atoms with E-state index in [2.05, 4.69) is 21.2 Å². The molecular weight excluding hydrogens is 358 g/mol. The first kappa shape index (κ1) is 15.8. The minimum absolute atomic E-state index is 0.212. The molecule has 0 aliphatic heterocycles. The molecule has 2 N–H and O–H groups in total. The lowest BCUT2D eigenvalue weighted by Gasteiger charge is -2.14. The van der Waals surface area contributed by atoms with Crippen molar-refractivity contribution in [3.63, 3.8) is 0 Å². The van der Waals surface area contributed by atoms with Crippen molar-refractivity contribution in [3.8, 4) is 17.2 Å². The van der Waals surface area contributed by atoms with Crippen molar-refractivity contribution >= 4 is 33.2 Å². The van der Waals surface area contributed by atoms with E-state index in [9.17, 15) is 5.11 Å². The molecule has 0 bridgehead atoms. The van der Waals surface area contributed by atoms with Crippen LogP contribution in [0.1, 0.15) is 5.56 Å². The fraction of sp³-hybridized carbons (Fsp3) is 0.200. The molecule has 0 unspecified atom stereocenters. The van der Waals surface area contributed by atoms with E-state index in [1.54, 1.807) is 32.4 Å². The highest BCUT2D eigenvalue weighted by Crippen LogP contribution is 2.36. The molecule has 0 aliphatic rings. The van der Waals surface area contributed by atoms with E-state index in [1.165, 1.54) is 0 Å². The number of nitrogens with one attached hydrogen (secondary N) is 1. The number of aromatic hydroxyl groups is 1. The molecule has 0 atom stereocenters. The summed E-state index contributed by atoms with van der Waals surface area (Å²) in [5, 5.41) is 13.7. The summed E-state index contributed by atoms with van der Waals surface area (Å²) in [6, 6.07) is 8.92. The largest absolute Gasteiger partial charge is 0.506 e. The number of para-hydroxylation sites is 1. The molecule has 0 radical (unpaired) electrons. The molecule has 6 heteroatoms. The fourth-order valence-electron chi connectivity index (χ4n) is 1.89. The summed E-state index contributed by atoms with van der Waals surface area (Å²) < 4.78 is 11.1. The van der Waals surface area contributed by atoms with Crippen LogP contribution in [0.15, 0.2) is 34.8 Å². The van der Waals surface area contributed by atoms with Gasteiger partial charge in [-0.25, -0.2) is 0 Å². The van der Waals surface area contributed by atoms with Crippen molar-refractivity contribution in [1.29, 1.82) is 0 Å². The molecule has 112 valence electrons. The lowest BCUT2D eigenvalue weighted by molar-refractivity contribution is 0.395. The van der Waals surface area contributed by atoms with Crippen LogP contribution in [0.2, 0.25) is 5.02 Å². The van der Waals surface area contributed by atoms with E-state index >= 15 is 0 Å². The first-order valence-corrected chi connectivity index (χ1v) is 7.35. The van der Waals surface area contributed by atoms with E-state index in [-0.39, 0.29) is 5.75 Å². The Balaban J connectivity index is 2.23. The first-order chi connectivity index (χ1) is 10.1. The Morgan fingerprint density at radius 2 is 1.90 bits per heavy atom. The Morgan fingerprint density at radius 1 is 1.19 bits per heavy atom. The quantitative estimate of drug-likeness (QED) is 0.815. The zero-order valence-electron chi connectivity index (χ0n) is 11.6. The number of benzene rings is 2. The number of hydrogen-bond acceptors (Lipinski definition) is 4. The Bertz CT molecular complexity index is 649. The second-order valence-corrected chi connectivity index (χ2v) is 5.55. The summed E-state index contributed by atoms with van der Waals surface area (Å²) in [6.07, 6.45) is 0. The van der Waals surface area contributed by atoms with E-state index in [4.69, 9.17) is 21.1 Å². The minimum atomic E-state index is 0.212. The second-order valence-electron chi connectivity index (χ2n) is 4.29. The molecule has 0 heterocycles. The van der Waals surface area contributed by atoms with Crippen molar-refractivity contribution in [2.45, 2.75) is 6.54 Å². The fourth-order valence-corrected chi connectivity index (χ4v) is 2.54. The summed E-state index contributed by atoms with van der Waals surface area (Å²) in [6.45, 7) is 0.435. The number of methoxy groups -OCH3 is 2. The van der Waals surface area contributed by atoms with Crippen LogP contribution in [-0.4, -0.2) is 19.3 Å². The topological polar surface area (TPSA) is 50.7 Å². The lowest BCUT2D eigenvalue weighted by atomic mass is 10.2. The van der Waals surface area contributed by atoms with Gasteiger partial charge < -0.3 is 19.9 Å². The Hall–Kier alpha value is -1.59. The number of phenolic OH excluding ortho intramolecular Hbond substituents is 1. The zero-order chi connectivity index (χ0) is 15.4. The molecule has 4 nitrogen and oxygen atoms in total. The molecule has 0 saturated carbocycles. The van der Waals surface area contributed by atoms with Gasteiger partial charge >= 0.3 is 0 Å².